The minimum absolute atomic E-state index is 1.25. The van der Waals surface area contributed by atoms with Crippen LogP contribution in [0.3, 0.4) is 0 Å². The number of rotatable bonds is 14. The fourth-order valence-corrected chi connectivity index (χ4v) is 3.70. The Hall–Kier alpha value is -3.36. The number of nitrogen functional groups attached to an aromatic ring is 1. The van der Waals surface area contributed by atoms with Crippen LogP contribution in [0.15, 0.2) is 18.2 Å². The Morgan fingerprint density at radius 3 is 0.719 bits per heavy atom. The second-order valence-corrected chi connectivity index (χ2v) is 10.8. The third kappa shape index (κ3) is 6.19. The van der Waals surface area contributed by atoms with Crippen molar-refractivity contribution in [1.82, 2.24) is 0 Å². The normalized spacial score (nSPS) is 16.7. The van der Waals surface area contributed by atoms with Gasteiger partial charge in [0.25, 0.3) is 0 Å². The summed E-state index contributed by atoms with van der Waals surface area (Å²) >= 11 is 0. The van der Waals surface area contributed by atoms with Gasteiger partial charge in [0, 0.05) is 11.3 Å². The molecule has 0 aliphatic heterocycles. The molecule has 0 atom stereocenters. The summed E-state index contributed by atoms with van der Waals surface area (Å²) in [7, 11) is 0. The predicted molar refractivity (Wildman–Crippen MR) is 110 cm³/mol. The van der Waals surface area contributed by atoms with E-state index in [1.807, 2.05) is 0 Å². The molecule has 1 aromatic carbocycles. The van der Waals surface area contributed by atoms with Crippen LogP contribution in [0.2, 0.25) is 0 Å². The quantitative estimate of drug-likeness (QED) is 0.146. The molecule has 1 aromatic rings. The Morgan fingerprint density at radius 1 is 0.263 bits per heavy atom. The van der Waals surface area contributed by atoms with Crippen molar-refractivity contribution in [1.29, 1.82) is 0 Å². The van der Waals surface area contributed by atoms with Crippen molar-refractivity contribution in [2.24, 2.45) is 0 Å². The summed E-state index contributed by atoms with van der Waals surface area (Å²) in [6.07, 6.45) is -16.4. The highest BCUT2D eigenvalue weighted by atomic mass is 19.4. The lowest BCUT2D eigenvalue weighted by molar-refractivity contribution is -0.463. The van der Waals surface area contributed by atoms with Crippen LogP contribution in [0.25, 0.3) is 0 Å². The lowest BCUT2D eigenvalue weighted by atomic mass is 9.84. The Kier molecular flexibility index (Phi) is 11.6. The zero-order chi connectivity index (χ0) is 46.9. The van der Waals surface area contributed by atoms with Crippen molar-refractivity contribution in [3.63, 3.8) is 0 Å². The van der Waals surface area contributed by atoms with Gasteiger partial charge in [0.2, 0.25) is 0 Å². The van der Waals surface area contributed by atoms with Crippen LogP contribution >= 0.6 is 0 Å². The molecule has 0 fully saturated rings. The van der Waals surface area contributed by atoms with Gasteiger partial charge in [-0.05, 0) is 12.1 Å². The second-order valence-electron chi connectivity index (χ2n) is 10.8. The van der Waals surface area contributed by atoms with Gasteiger partial charge in [-0.25, -0.2) is 0 Å². The van der Waals surface area contributed by atoms with Crippen LogP contribution in [-0.4, -0.2) is 83.4 Å². The van der Waals surface area contributed by atoms with Gasteiger partial charge in [0.05, 0.1) is 5.56 Å². The molecule has 0 saturated carbocycles. The van der Waals surface area contributed by atoms with Crippen molar-refractivity contribution >= 4 is 5.69 Å². The largest absolute Gasteiger partial charge is 0.460 e. The molecule has 336 valence electrons. The van der Waals surface area contributed by atoms with Gasteiger partial charge in [-0.1, -0.05) is 6.07 Å². The Balaban J connectivity index is 4.10. The van der Waals surface area contributed by atoms with Gasteiger partial charge in [-0.3, -0.25) is 0 Å². The van der Waals surface area contributed by atoms with Gasteiger partial charge in [-0.2, -0.15) is 149 Å². The molecular weight excluding hydrogens is 924 g/mol. The van der Waals surface area contributed by atoms with E-state index in [-0.39, 0.29) is 0 Å². The predicted octanol–water partition coefficient (Wildman–Crippen LogP) is 12.2. The number of hydrogen-bond donors (Lipinski definition) is 1. The molecule has 0 radical (unpaired) electrons. The monoisotopic (exact) mass is 929 g/mol. The summed E-state index contributed by atoms with van der Waals surface area (Å²) in [6.45, 7) is 0. The lowest BCUT2D eigenvalue weighted by Gasteiger charge is -2.43. The van der Waals surface area contributed by atoms with Crippen molar-refractivity contribution < 1.29 is 149 Å². The molecule has 0 heterocycles. The van der Waals surface area contributed by atoms with E-state index in [0.717, 1.165) is 0 Å². The number of alkyl halides is 34. The molecule has 1 rings (SSSR count). The summed E-state index contributed by atoms with van der Waals surface area (Å²) in [5.74, 6) is -125. The third-order valence-corrected chi connectivity index (χ3v) is 7.20. The molecule has 0 spiro atoms. The van der Waals surface area contributed by atoms with Crippen molar-refractivity contribution in [3.8, 4) is 0 Å². The first kappa shape index (κ1) is 51.7. The van der Waals surface area contributed by atoms with Crippen LogP contribution in [0.4, 0.5) is 155 Å². The number of nitrogens with two attached hydrogens (primary N) is 1. The lowest BCUT2D eigenvalue weighted by Crippen LogP contribution is -2.74. The van der Waals surface area contributed by atoms with E-state index in [9.17, 15) is 149 Å². The number of hydrogen-bond acceptors (Lipinski definition) is 1. The fraction of sp³-hybridized carbons (Fsp3) is 0.727. The first-order valence-electron chi connectivity index (χ1n) is 12.5. The smallest absolute Gasteiger partial charge is 0.398 e. The van der Waals surface area contributed by atoms with E-state index in [4.69, 9.17) is 0 Å². The van der Waals surface area contributed by atoms with Gasteiger partial charge >= 0.3 is 95.3 Å². The first-order chi connectivity index (χ1) is 24.1. The van der Waals surface area contributed by atoms with E-state index in [2.05, 4.69) is 5.73 Å². The molecule has 0 aromatic heterocycles. The van der Waals surface area contributed by atoms with Gasteiger partial charge in [0.15, 0.2) is 0 Å². The Bertz CT molecular complexity index is 1640. The van der Waals surface area contributed by atoms with Crippen molar-refractivity contribution in [2.45, 2.75) is 95.3 Å². The van der Waals surface area contributed by atoms with E-state index in [0.29, 0.717) is 0 Å². The average Bonchev–Trinajstić information content (AvgIpc) is 2.98. The molecule has 35 heteroatoms. The fourth-order valence-electron chi connectivity index (χ4n) is 3.70. The van der Waals surface area contributed by atoms with Gasteiger partial charge < -0.3 is 5.73 Å². The average molecular weight is 929 g/mol. The highest BCUT2D eigenvalue weighted by molar-refractivity contribution is 5.53. The zero-order valence-electron chi connectivity index (χ0n) is 24.7. The van der Waals surface area contributed by atoms with Crippen LogP contribution in [-0.2, 0) is 11.8 Å². The molecule has 0 aliphatic carbocycles. The van der Waals surface area contributed by atoms with Crippen LogP contribution in [0, 0.1) is 0 Å². The summed E-state index contributed by atoms with van der Waals surface area (Å²) < 4.78 is 460. The minimum atomic E-state index is -9.39. The van der Waals surface area contributed by atoms with E-state index in [1.165, 1.54) is 0 Å². The number of halogens is 34. The highest BCUT2D eigenvalue weighted by Crippen LogP contribution is 2.67. The minimum Gasteiger partial charge on any atom is -0.398 e. The molecular formula is C22H5F34N. The molecule has 0 aliphatic rings. The topological polar surface area (TPSA) is 26.0 Å². The summed E-state index contributed by atoms with van der Waals surface area (Å²) in [5, 5.41) is 0. The second kappa shape index (κ2) is 12.8. The molecule has 1 nitrogen and oxygen atoms in total. The van der Waals surface area contributed by atoms with Crippen molar-refractivity contribution in [3.05, 3.63) is 29.3 Å². The molecule has 0 bridgehead atoms. The number of benzene rings is 1. The zero-order valence-corrected chi connectivity index (χ0v) is 24.7. The molecule has 2 N–H and O–H groups in total. The van der Waals surface area contributed by atoms with E-state index in [1.54, 1.807) is 0 Å². The Morgan fingerprint density at radius 2 is 0.474 bits per heavy atom. The maximum Gasteiger partial charge on any atom is 0.460 e. The van der Waals surface area contributed by atoms with Gasteiger partial charge in [0.1, 0.15) is 0 Å². The highest BCUT2D eigenvalue weighted by Gasteiger charge is 2.97. The van der Waals surface area contributed by atoms with E-state index < -0.39 is 130 Å². The van der Waals surface area contributed by atoms with Gasteiger partial charge in [-0.15, -0.1) is 0 Å². The molecule has 0 unspecified atom stereocenters. The van der Waals surface area contributed by atoms with Crippen LogP contribution < -0.4 is 5.73 Å². The molecule has 57 heavy (non-hydrogen) atoms. The summed E-state index contributed by atoms with van der Waals surface area (Å²) in [5.41, 5.74) is -6.58. The van der Waals surface area contributed by atoms with Crippen LogP contribution in [0.1, 0.15) is 11.1 Å². The third-order valence-electron chi connectivity index (χ3n) is 7.20. The summed E-state index contributed by atoms with van der Waals surface area (Å²) in [6, 6.07) is -4.93. The standard InChI is InChI=1S/C22H5F34N/c23-7(24,9(27,28)11(31,32)13(35,36)15(39,40)17(43,44)19(47,48)21(51,52)53)4-1-2-6(57)5(3-4)8(25,26)10(29,30)12(33,34)14(37,38)16(41,42)18(45,46)20(49,50)22(54,55)56/h1-3H,57H2. The summed E-state index contributed by atoms with van der Waals surface area (Å²) in [4.78, 5) is 0. The Labute approximate surface area is 286 Å². The van der Waals surface area contributed by atoms with Crippen LogP contribution in [0.5, 0.6) is 0 Å². The van der Waals surface area contributed by atoms with Crippen molar-refractivity contribution in [2.75, 3.05) is 5.73 Å². The number of anilines is 1. The SMILES string of the molecule is Nc1ccc(C(F)(F)C(F)(F)C(F)(F)C(F)(F)C(F)(F)C(F)(F)C(F)(F)C(F)(F)F)cc1C(F)(F)C(F)(F)C(F)(F)C(F)(F)C(F)(F)C(F)(F)C(F)(F)C(F)(F)F. The maximum atomic E-state index is 14.7. The van der Waals surface area contributed by atoms with E-state index >= 15 is 0 Å². The maximum absolute atomic E-state index is 14.7. The first-order valence-corrected chi connectivity index (χ1v) is 12.5. The molecule has 0 saturated heterocycles. The molecule has 0 amide bonds.